The fourth-order valence-corrected chi connectivity index (χ4v) is 0.310. The first-order chi connectivity index (χ1) is 4.04. The van der Waals surface area contributed by atoms with Crippen molar-refractivity contribution in [3.63, 3.8) is 0 Å². The Hall–Kier alpha value is -0.740. The van der Waals surface area contributed by atoms with Gasteiger partial charge in [-0.05, 0) is 0 Å². The summed E-state index contributed by atoms with van der Waals surface area (Å²) in [6, 6.07) is 0. The van der Waals surface area contributed by atoms with Crippen molar-refractivity contribution in [2.45, 2.75) is 19.6 Å². The number of hydrogen-bond acceptors (Lipinski definition) is 4. The summed E-state index contributed by atoms with van der Waals surface area (Å²) in [5.74, 6) is -1.41. The Morgan fingerprint density at radius 3 is 2.00 bits per heavy atom. The molecule has 0 fully saturated rings. The van der Waals surface area contributed by atoms with Crippen molar-refractivity contribution in [3.05, 3.63) is 0 Å². The lowest BCUT2D eigenvalue weighted by Crippen LogP contribution is -2.17. The van der Waals surface area contributed by atoms with Crippen molar-refractivity contribution in [1.29, 1.82) is 0 Å². The molecule has 52 valence electrons. The lowest BCUT2D eigenvalue weighted by molar-refractivity contribution is -0.140. The van der Waals surface area contributed by atoms with Crippen LogP contribution in [0.5, 0.6) is 0 Å². The van der Waals surface area contributed by atoms with Gasteiger partial charge in [0, 0.05) is 6.92 Å². The molecule has 0 amide bonds. The van der Waals surface area contributed by atoms with Gasteiger partial charge in [0.1, 0.15) is 0 Å². The van der Waals surface area contributed by atoms with Gasteiger partial charge in [0.15, 0.2) is 12.1 Å². The van der Waals surface area contributed by atoms with Crippen LogP contribution in [0, 0.1) is 0 Å². The lowest BCUT2D eigenvalue weighted by Gasteiger charge is -1.96. The highest BCUT2D eigenvalue weighted by Gasteiger charge is 2.10. The number of carbonyl (C=O) groups is 2. The third-order valence-electron chi connectivity index (χ3n) is 0.761. The summed E-state index contributed by atoms with van der Waals surface area (Å²) in [5, 5.41) is 16.3. The highest BCUT2D eigenvalue weighted by molar-refractivity contribution is 6.36. The van der Waals surface area contributed by atoms with Crippen LogP contribution in [0.1, 0.15) is 13.3 Å². The standard InChI is InChI=1S/C5H8O4/c1-3(6)4(7)2-5(8)9/h5,8-9H,2H2,1H3. The zero-order valence-corrected chi connectivity index (χ0v) is 5.00. The van der Waals surface area contributed by atoms with Gasteiger partial charge in [-0.1, -0.05) is 0 Å². The molecule has 2 N–H and O–H groups in total. The molecule has 0 aliphatic heterocycles. The van der Waals surface area contributed by atoms with Crippen LogP contribution >= 0.6 is 0 Å². The molecule has 0 aromatic rings. The zero-order chi connectivity index (χ0) is 7.44. The van der Waals surface area contributed by atoms with Gasteiger partial charge in [0.2, 0.25) is 5.78 Å². The largest absolute Gasteiger partial charge is 0.368 e. The van der Waals surface area contributed by atoms with E-state index in [9.17, 15) is 9.59 Å². The van der Waals surface area contributed by atoms with E-state index in [1.165, 1.54) is 0 Å². The van der Waals surface area contributed by atoms with Gasteiger partial charge in [-0.15, -0.1) is 0 Å². The summed E-state index contributed by atoms with van der Waals surface area (Å²) in [6.45, 7) is 1.09. The van der Waals surface area contributed by atoms with E-state index >= 15 is 0 Å². The minimum Gasteiger partial charge on any atom is -0.368 e. The highest BCUT2D eigenvalue weighted by atomic mass is 16.5. The van der Waals surface area contributed by atoms with Crippen molar-refractivity contribution in [1.82, 2.24) is 0 Å². The van der Waals surface area contributed by atoms with E-state index in [1.807, 2.05) is 0 Å². The van der Waals surface area contributed by atoms with Crippen LogP contribution in [-0.2, 0) is 9.59 Å². The highest BCUT2D eigenvalue weighted by Crippen LogP contribution is 1.88. The van der Waals surface area contributed by atoms with Crippen LogP contribution in [0.3, 0.4) is 0 Å². The van der Waals surface area contributed by atoms with E-state index in [1.54, 1.807) is 0 Å². The molecule has 0 unspecified atom stereocenters. The van der Waals surface area contributed by atoms with E-state index < -0.39 is 24.3 Å². The average molecular weight is 132 g/mol. The third-order valence-corrected chi connectivity index (χ3v) is 0.761. The van der Waals surface area contributed by atoms with Crippen molar-refractivity contribution in [3.8, 4) is 0 Å². The van der Waals surface area contributed by atoms with E-state index in [0.717, 1.165) is 6.92 Å². The van der Waals surface area contributed by atoms with Gasteiger partial charge >= 0.3 is 0 Å². The number of hydrogen-bond donors (Lipinski definition) is 2. The minimum absolute atomic E-state index is 0.505. The maximum Gasteiger partial charge on any atom is 0.203 e. The molecule has 0 heterocycles. The molecule has 0 aliphatic rings. The summed E-state index contributed by atoms with van der Waals surface area (Å²) in [6.07, 6.45) is -2.21. The summed E-state index contributed by atoms with van der Waals surface area (Å²) in [5.41, 5.74) is 0. The summed E-state index contributed by atoms with van der Waals surface area (Å²) in [4.78, 5) is 20.4. The van der Waals surface area contributed by atoms with Crippen molar-refractivity contribution in [2.24, 2.45) is 0 Å². The van der Waals surface area contributed by atoms with Crippen LogP contribution in [-0.4, -0.2) is 28.1 Å². The van der Waals surface area contributed by atoms with Crippen LogP contribution in [0.15, 0.2) is 0 Å². The molecule has 9 heavy (non-hydrogen) atoms. The molecule has 0 bridgehead atoms. The predicted molar refractivity (Wildman–Crippen MR) is 28.5 cm³/mol. The Morgan fingerprint density at radius 1 is 1.44 bits per heavy atom. The second kappa shape index (κ2) is 3.32. The Kier molecular flexibility index (Phi) is 3.05. The first kappa shape index (κ1) is 8.26. The zero-order valence-electron chi connectivity index (χ0n) is 5.00. The number of Topliss-reactive ketones (excluding diaryl/α,β-unsaturated/α-hetero) is 2. The molecular formula is C5H8O4. The van der Waals surface area contributed by atoms with Gasteiger partial charge in [-0.3, -0.25) is 9.59 Å². The second-order valence-corrected chi connectivity index (χ2v) is 1.66. The van der Waals surface area contributed by atoms with Crippen LogP contribution in [0.2, 0.25) is 0 Å². The summed E-state index contributed by atoms with van der Waals surface area (Å²) < 4.78 is 0. The Bertz CT molecular complexity index is 127. The molecule has 0 aliphatic carbocycles. The SMILES string of the molecule is CC(=O)C(=O)CC(O)O. The number of ketones is 2. The van der Waals surface area contributed by atoms with Gasteiger partial charge in [-0.2, -0.15) is 0 Å². The van der Waals surface area contributed by atoms with Gasteiger partial charge in [0.25, 0.3) is 0 Å². The maximum absolute atomic E-state index is 10.3. The molecule has 0 saturated carbocycles. The van der Waals surface area contributed by atoms with E-state index in [-0.39, 0.29) is 0 Å². The van der Waals surface area contributed by atoms with E-state index in [0.29, 0.717) is 0 Å². The smallest absolute Gasteiger partial charge is 0.203 e. The molecule has 0 aromatic heterocycles. The first-order valence-corrected chi connectivity index (χ1v) is 2.44. The second-order valence-electron chi connectivity index (χ2n) is 1.66. The molecule has 0 aromatic carbocycles. The molecule has 4 heteroatoms. The number of aliphatic hydroxyl groups excluding tert-OH is 1. The fourth-order valence-electron chi connectivity index (χ4n) is 0.310. The average Bonchev–Trinajstić information content (AvgIpc) is 1.63. The summed E-state index contributed by atoms with van der Waals surface area (Å²) in [7, 11) is 0. The Balaban J connectivity index is 3.65. The molecular weight excluding hydrogens is 124 g/mol. The topological polar surface area (TPSA) is 74.6 Å². The normalized spacial score (nSPS) is 9.78. The minimum atomic E-state index is -1.71. The lowest BCUT2D eigenvalue weighted by atomic mass is 10.2. The molecule has 0 spiro atoms. The van der Waals surface area contributed by atoms with Crippen molar-refractivity contribution >= 4 is 11.6 Å². The van der Waals surface area contributed by atoms with E-state index in [2.05, 4.69) is 0 Å². The quantitative estimate of drug-likeness (QED) is 0.375. The van der Waals surface area contributed by atoms with Crippen LogP contribution in [0.25, 0.3) is 0 Å². The van der Waals surface area contributed by atoms with Gasteiger partial charge in [-0.25, -0.2) is 0 Å². The molecule has 0 atom stereocenters. The molecule has 0 rings (SSSR count). The third kappa shape index (κ3) is 3.81. The maximum atomic E-state index is 10.3. The van der Waals surface area contributed by atoms with Crippen LogP contribution in [0.4, 0.5) is 0 Å². The van der Waals surface area contributed by atoms with Crippen molar-refractivity contribution < 1.29 is 19.8 Å². The Morgan fingerprint density at radius 2 is 1.89 bits per heavy atom. The molecule has 0 saturated heterocycles. The summed E-state index contributed by atoms with van der Waals surface area (Å²) >= 11 is 0. The number of carbonyl (C=O) groups excluding carboxylic acids is 2. The van der Waals surface area contributed by atoms with Gasteiger partial charge < -0.3 is 10.2 Å². The van der Waals surface area contributed by atoms with E-state index in [4.69, 9.17) is 10.2 Å². The predicted octanol–water partition coefficient (Wildman–Crippen LogP) is -1.15. The monoisotopic (exact) mass is 132 g/mol. The molecule has 4 nitrogen and oxygen atoms in total. The van der Waals surface area contributed by atoms with Gasteiger partial charge in [0.05, 0.1) is 6.42 Å². The number of rotatable bonds is 3. The Labute approximate surface area is 52.1 Å². The fraction of sp³-hybridized carbons (Fsp3) is 0.600. The number of aliphatic hydroxyl groups is 2. The molecule has 0 radical (unpaired) electrons. The van der Waals surface area contributed by atoms with Crippen molar-refractivity contribution in [2.75, 3.05) is 0 Å². The van der Waals surface area contributed by atoms with Crippen LogP contribution < -0.4 is 0 Å². The first-order valence-electron chi connectivity index (χ1n) is 2.44.